The molecule has 9 rings (SSSR count). The number of benzene rings is 5. The Hall–Kier alpha value is -8.17. The molecule has 5 aromatic carbocycles. The Kier molecular flexibility index (Phi) is 21.8. The second-order valence-corrected chi connectivity index (χ2v) is 23.4. The zero-order chi connectivity index (χ0) is 61.5. The van der Waals surface area contributed by atoms with Gasteiger partial charge in [-0.25, -0.2) is 14.5 Å². The molecule has 1 aliphatic heterocycles. The van der Waals surface area contributed by atoms with Gasteiger partial charge < -0.3 is 20.4 Å². The summed E-state index contributed by atoms with van der Waals surface area (Å²) in [6.07, 6.45) is 9.16. The Bertz CT molecular complexity index is 3790. The Labute approximate surface area is 512 Å². The van der Waals surface area contributed by atoms with Crippen LogP contribution in [0.4, 0.5) is 18.9 Å². The number of fused-ring (bicyclic) bond motifs is 2. The molecule has 3 amide bonds. The lowest BCUT2D eigenvalue weighted by molar-refractivity contribution is -0.137. The fourth-order valence-corrected chi connectivity index (χ4v) is 11.4. The molecule has 8 aromatic rings. The predicted molar refractivity (Wildman–Crippen MR) is 337 cm³/mol. The summed E-state index contributed by atoms with van der Waals surface area (Å²) < 4.78 is 46.0. The highest BCUT2D eigenvalue weighted by Gasteiger charge is 2.34. The molecule has 1 aliphatic rings. The minimum atomic E-state index is -4.60. The smallest absolute Gasteiger partial charge is 0.356 e. The number of amides is 3. The van der Waals surface area contributed by atoms with Crippen molar-refractivity contribution < 1.29 is 27.6 Å². The summed E-state index contributed by atoms with van der Waals surface area (Å²) in [6.45, 7) is 13.3. The second kappa shape index (κ2) is 30.0. The van der Waals surface area contributed by atoms with Gasteiger partial charge in [0.05, 0.1) is 40.8 Å². The predicted octanol–water partition coefficient (Wildman–Crippen LogP) is 13.0. The number of unbranched alkanes of at least 4 members (excludes halogenated alkanes) is 6. The number of halogens is 4. The van der Waals surface area contributed by atoms with E-state index in [2.05, 4.69) is 42.4 Å². The van der Waals surface area contributed by atoms with Gasteiger partial charge in [-0.3, -0.25) is 28.6 Å². The molecule has 0 bridgehead atoms. The number of hydrogen-bond acceptors (Lipinski definition) is 9. The molecule has 18 heteroatoms. The Morgan fingerprint density at radius 1 is 0.770 bits per heavy atom. The first-order valence-corrected chi connectivity index (χ1v) is 30.7. The van der Waals surface area contributed by atoms with E-state index in [1.54, 1.807) is 70.1 Å². The van der Waals surface area contributed by atoms with Gasteiger partial charge in [0.25, 0.3) is 17.4 Å². The maximum atomic E-state index is 14.6. The number of hydrogen-bond donors (Lipinski definition) is 2. The van der Waals surface area contributed by atoms with Gasteiger partial charge in [-0.1, -0.05) is 130 Å². The van der Waals surface area contributed by atoms with Crippen LogP contribution in [-0.4, -0.2) is 102 Å². The molecule has 0 spiro atoms. The Morgan fingerprint density at radius 2 is 1.49 bits per heavy atom. The molecule has 3 aromatic heterocycles. The minimum absolute atomic E-state index is 0.0223. The largest absolute Gasteiger partial charge is 0.416 e. The molecule has 1 saturated heterocycles. The third-order valence-electron chi connectivity index (χ3n) is 16.0. The molecule has 1 fully saturated rings. The van der Waals surface area contributed by atoms with Gasteiger partial charge in [-0.05, 0) is 122 Å². The Morgan fingerprint density at radius 3 is 2.23 bits per heavy atom. The van der Waals surface area contributed by atoms with Gasteiger partial charge in [0.2, 0.25) is 5.91 Å². The number of nitrogens with one attached hydrogen (secondary N) is 2. The standard InChI is InChI=1S/C69H76ClF3N10O4/c1-5-53-26-27-56(41-55(53)25-22-51-44-75-62-30-32-76-83(62)47-51)66(85)77-59-40-52(39-57(42-59)69(71,72)73)45-80-37-35-79(36-38-80)33-15-10-8-6-7-9-14-19-63(84)74-31-16-34-81(67(86)54-23-20-49(4)21-24-54)64(48(2)3)65-78-61-43-58(70)28-29-60(61)68(87)82(65)46-50-17-12-11-13-18-50/h11-13,17-18,20-21,23-24,26-30,32,39-44,47-48,64H,5-10,14-16,19,31,33-38,45-46H2,1-4H3,(H,74,84)(H,77,85)/t64-/m1/s1. The van der Waals surface area contributed by atoms with Crippen LogP contribution in [0.2, 0.25) is 5.02 Å². The first-order valence-electron chi connectivity index (χ1n) is 30.3. The molecule has 0 radical (unpaired) electrons. The molecule has 2 N–H and O–H groups in total. The van der Waals surface area contributed by atoms with Gasteiger partial charge in [0.1, 0.15) is 5.82 Å². The van der Waals surface area contributed by atoms with E-state index in [1.807, 2.05) is 93.3 Å². The molecular formula is C69H76ClF3N10O4. The number of carbonyl (C=O) groups is 3. The van der Waals surface area contributed by atoms with E-state index >= 15 is 0 Å². The van der Waals surface area contributed by atoms with Crippen LogP contribution in [0.25, 0.3) is 16.6 Å². The van der Waals surface area contributed by atoms with Crippen molar-refractivity contribution in [2.24, 2.45) is 5.92 Å². The number of aromatic nitrogens is 5. The van der Waals surface area contributed by atoms with E-state index in [9.17, 15) is 32.3 Å². The van der Waals surface area contributed by atoms with Crippen LogP contribution in [0.15, 0.2) is 139 Å². The normalized spacial score (nSPS) is 13.4. The van der Waals surface area contributed by atoms with Crippen molar-refractivity contribution in [3.8, 4) is 11.8 Å². The van der Waals surface area contributed by atoms with Gasteiger partial charge >= 0.3 is 6.18 Å². The average Bonchev–Trinajstić information content (AvgIpc) is 1.70. The first-order chi connectivity index (χ1) is 42.0. The summed E-state index contributed by atoms with van der Waals surface area (Å²) in [6, 6.07) is 32.4. The number of anilines is 1. The maximum Gasteiger partial charge on any atom is 0.416 e. The van der Waals surface area contributed by atoms with Crippen molar-refractivity contribution in [2.45, 2.75) is 117 Å². The third-order valence-corrected chi connectivity index (χ3v) is 16.2. The highest BCUT2D eigenvalue weighted by Crippen LogP contribution is 2.34. The average molecular weight is 1200 g/mol. The van der Waals surface area contributed by atoms with Crippen LogP contribution in [0, 0.1) is 24.7 Å². The third kappa shape index (κ3) is 17.3. The zero-order valence-electron chi connectivity index (χ0n) is 50.0. The lowest BCUT2D eigenvalue weighted by atomic mass is 9.98. The van der Waals surface area contributed by atoms with E-state index in [1.165, 1.54) is 6.07 Å². The van der Waals surface area contributed by atoms with E-state index < -0.39 is 23.7 Å². The van der Waals surface area contributed by atoms with E-state index in [-0.39, 0.29) is 41.1 Å². The van der Waals surface area contributed by atoms with Crippen molar-refractivity contribution in [1.29, 1.82) is 0 Å². The van der Waals surface area contributed by atoms with Crippen molar-refractivity contribution in [3.05, 3.63) is 205 Å². The molecule has 14 nitrogen and oxygen atoms in total. The number of carbonyl (C=O) groups excluding carboxylic acids is 3. The van der Waals surface area contributed by atoms with Crippen LogP contribution < -0.4 is 16.2 Å². The van der Waals surface area contributed by atoms with Gasteiger partial charge in [-0.2, -0.15) is 18.3 Å². The summed E-state index contributed by atoms with van der Waals surface area (Å²) in [5.74, 6) is 5.83. The molecule has 0 aliphatic carbocycles. The fraction of sp³-hybridized carbons (Fsp3) is 0.377. The first kappa shape index (κ1) is 63.3. The molecule has 0 unspecified atom stereocenters. The van der Waals surface area contributed by atoms with Crippen LogP contribution in [0.3, 0.4) is 0 Å². The molecule has 0 saturated carbocycles. The number of piperazine rings is 1. The van der Waals surface area contributed by atoms with Gasteiger partial charge in [-0.15, -0.1) is 0 Å². The number of alkyl halides is 3. The highest BCUT2D eigenvalue weighted by atomic mass is 35.5. The minimum Gasteiger partial charge on any atom is -0.356 e. The topological polar surface area (TPSA) is 150 Å². The number of rotatable bonds is 25. The summed E-state index contributed by atoms with van der Waals surface area (Å²) >= 11 is 6.43. The molecule has 87 heavy (non-hydrogen) atoms. The summed E-state index contributed by atoms with van der Waals surface area (Å²) in [5, 5.41) is 10.9. The van der Waals surface area contributed by atoms with Crippen LogP contribution in [0.5, 0.6) is 0 Å². The second-order valence-electron chi connectivity index (χ2n) is 22.9. The Balaban J connectivity index is 0.692. The van der Waals surface area contributed by atoms with Crippen molar-refractivity contribution in [3.63, 3.8) is 0 Å². The SMILES string of the molecule is CCc1ccc(C(=O)Nc2cc(CN3CCN(CCCCCCCCCC(=O)NCCCN(C(=O)c4ccc(C)cc4)[C@@H](c4nc5cc(Cl)ccc5c(=O)n4Cc4ccccc4)C(C)C)CC3)cc(C(F)(F)F)c2)cc1C#Cc1cnc2ccnn2c1. The summed E-state index contributed by atoms with van der Waals surface area (Å²) in [7, 11) is 0. The van der Waals surface area contributed by atoms with E-state index in [4.69, 9.17) is 16.6 Å². The van der Waals surface area contributed by atoms with Gasteiger partial charge in [0, 0.05) is 98.1 Å². The van der Waals surface area contributed by atoms with Crippen LogP contribution >= 0.6 is 11.6 Å². The summed E-state index contributed by atoms with van der Waals surface area (Å²) in [4.78, 5) is 71.4. The van der Waals surface area contributed by atoms with Crippen molar-refractivity contribution in [1.82, 2.24) is 44.2 Å². The van der Waals surface area contributed by atoms with Gasteiger partial charge in [0.15, 0.2) is 5.65 Å². The lowest BCUT2D eigenvalue weighted by Gasteiger charge is -2.35. The monoisotopic (exact) mass is 1200 g/mol. The van der Waals surface area contributed by atoms with Crippen molar-refractivity contribution in [2.75, 3.05) is 51.1 Å². The quantitative estimate of drug-likeness (QED) is 0.0421. The summed E-state index contributed by atoms with van der Waals surface area (Å²) in [5.41, 5.74) is 5.65. The van der Waals surface area contributed by atoms with Crippen LogP contribution in [-0.2, 0) is 30.5 Å². The van der Waals surface area contributed by atoms with Crippen molar-refractivity contribution >= 4 is 51.6 Å². The fourth-order valence-electron chi connectivity index (χ4n) is 11.3. The number of aryl methyl sites for hydroxylation is 2. The number of nitrogens with zero attached hydrogens (tertiary/aromatic N) is 8. The van der Waals surface area contributed by atoms with Crippen LogP contribution in [0.1, 0.15) is 150 Å². The maximum absolute atomic E-state index is 14.6. The zero-order valence-corrected chi connectivity index (χ0v) is 50.8. The highest BCUT2D eigenvalue weighted by molar-refractivity contribution is 6.31. The van der Waals surface area contributed by atoms with E-state index in [0.29, 0.717) is 88.5 Å². The van der Waals surface area contributed by atoms with E-state index in [0.717, 1.165) is 100 Å². The molecule has 454 valence electrons. The molecule has 1 atom stereocenters. The molecule has 4 heterocycles. The molecular weight excluding hydrogens is 1130 g/mol. The lowest BCUT2D eigenvalue weighted by Crippen LogP contribution is -2.46.